The molecule has 1 atom stereocenters. The SMILES string of the molecule is COC(=O)NC(Cc1ccc(Cl)cc1)C(=O)N(Cc1ccc(F)cc1)Cc1cnc(C(=O)NO)c(O)c1CO. The third-order valence-corrected chi connectivity index (χ3v) is 6.06. The van der Waals surface area contributed by atoms with Crippen molar-refractivity contribution in [3.8, 4) is 5.75 Å². The number of carbonyl (C=O) groups is 3. The number of aromatic hydroxyl groups is 1. The summed E-state index contributed by atoms with van der Waals surface area (Å²) in [6.07, 6.45) is 0.387. The van der Waals surface area contributed by atoms with Gasteiger partial charge in [0.25, 0.3) is 5.91 Å². The van der Waals surface area contributed by atoms with E-state index in [0.29, 0.717) is 16.1 Å². The molecule has 11 nitrogen and oxygen atoms in total. The highest BCUT2D eigenvalue weighted by Gasteiger charge is 2.29. The summed E-state index contributed by atoms with van der Waals surface area (Å²) in [4.78, 5) is 42.9. The molecule has 0 fully saturated rings. The van der Waals surface area contributed by atoms with Gasteiger partial charge >= 0.3 is 6.09 Å². The number of aliphatic hydroxyl groups excluding tert-OH is 1. The highest BCUT2D eigenvalue weighted by Crippen LogP contribution is 2.26. The van der Waals surface area contributed by atoms with E-state index in [9.17, 15) is 29.0 Å². The van der Waals surface area contributed by atoms with Crippen LogP contribution in [0, 0.1) is 5.82 Å². The molecule has 0 aliphatic heterocycles. The lowest BCUT2D eigenvalue weighted by atomic mass is 10.0. The van der Waals surface area contributed by atoms with Gasteiger partial charge in [0.05, 0.1) is 13.7 Å². The van der Waals surface area contributed by atoms with E-state index >= 15 is 0 Å². The Morgan fingerprint density at radius 3 is 2.31 bits per heavy atom. The smallest absolute Gasteiger partial charge is 0.407 e. The van der Waals surface area contributed by atoms with Crippen molar-refractivity contribution in [2.75, 3.05) is 7.11 Å². The number of benzene rings is 2. The summed E-state index contributed by atoms with van der Waals surface area (Å²) < 4.78 is 18.2. The average Bonchev–Trinajstić information content (AvgIpc) is 2.94. The molecule has 5 N–H and O–H groups in total. The van der Waals surface area contributed by atoms with E-state index in [4.69, 9.17) is 21.5 Å². The van der Waals surface area contributed by atoms with Gasteiger partial charge in [-0.25, -0.2) is 19.6 Å². The number of rotatable bonds is 10. The number of nitrogens with zero attached hydrogens (tertiary/aromatic N) is 2. The van der Waals surface area contributed by atoms with Crippen molar-refractivity contribution in [3.63, 3.8) is 0 Å². The van der Waals surface area contributed by atoms with Gasteiger partial charge in [0.2, 0.25) is 5.91 Å². The van der Waals surface area contributed by atoms with Crippen molar-refractivity contribution in [2.45, 2.75) is 32.2 Å². The van der Waals surface area contributed by atoms with Crippen LogP contribution in [0.4, 0.5) is 9.18 Å². The highest BCUT2D eigenvalue weighted by molar-refractivity contribution is 6.30. The van der Waals surface area contributed by atoms with Gasteiger partial charge in [-0.05, 0) is 41.0 Å². The Hall–Kier alpha value is -4.26. The molecule has 1 unspecified atom stereocenters. The number of amides is 3. The molecule has 3 amide bonds. The van der Waals surface area contributed by atoms with E-state index in [2.05, 4.69) is 10.3 Å². The van der Waals surface area contributed by atoms with Gasteiger partial charge in [-0.3, -0.25) is 14.8 Å². The first-order valence-corrected chi connectivity index (χ1v) is 11.9. The van der Waals surface area contributed by atoms with Gasteiger partial charge < -0.3 is 25.2 Å². The van der Waals surface area contributed by atoms with Gasteiger partial charge in [-0.15, -0.1) is 0 Å². The fourth-order valence-electron chi connectivity index (χ4n) is 3.81. The molecule has 13 heteroatoms. The standard InChI is InChI=1S/C26H26ClFN4O7/c1-39-26(37)30-21(10-15-2-6-18(27)7-3-15)25(36)32(12-16-4-8-19(28)9-5-16)13-17-11-29-22(24(35)31-38)23(34)20(17)14-33/h2-9,11,21,33-34,38H,10,12-14H2,1H3,(H,30,37)(H,31,35). The van der Waals surface area contributed by atoms with Crippen molar-refractivity contribution in [1.29, 1.82) is 0 Å². The van der Waals surface area contributed by atoms with Gasteiger partial charge in [-0.2, -0.15) is 0 Å². The number of aliphatic hydroxyl groups is 1. The first kappa shape index (κ1) is 29.3. The van der Waals surface area contributed by atoms with Crippen LogP contribution in [0.5, 0.6) is 5.75 Å². The number of ether oxygens (including phenoxy) is 1. The third kappa shape index (κ3) is 7.63. The summed E-state index contributed by atoms with van der Waals surface area (Å²) in [6.45, 7) is -1.00. The number of carbonyl (C=O) groups excluding carboxylic acids is 3. The first-order chi connectivity index (χ1) is 18.7. The lowest BCUT2D eigenvalue weighted by Crippen LogP contribution is -2.49. The maximum absolute atomic E-state index is 13.9. The average molecular weight is 561 g/mol. The number of nitrogens with one attached hydrogen (secondary N) is 2. The molecule has 0 bridgehead atoms. The molecule has 3 aromatic rings. The van der Waals surface area contributed by atoms with Crippen molar-refractivity contribution < 1.29 is 38.9 Å². The highest BCUT2D eigenvalue weighted by atomic mass is 35.5. The van der Waals surface area contributed by atoms with Crippen LogP contribution in [0.1, 0.15) is 32.7 Å². The van der Waals surface area contributed by atoms with E-state index in [0.717, 1.165) is 7.11 Å². The molecule has 0 saturated carbocycles. The minimum absolute atomic E-state index is 0.0520. The van der Waals surface area contributed by atoms with E-state index in [1.807, 2.05) is 0 Å². The lowest BCUT2D eigenvalue weighted by Gasteiger charge is -2.29. The number of aromatic nitrogens is 1. The molecule has 0 radical (unpaired) electrons. The maximum Gasteiger partial charge on any atom is 0.407 e. The number of hydrogen-bond acceptors (Lipinski definition) is 8. The molecule has 1 aromatic heterocycles. The topological polar surface area (TPSA) is 161 Å². The summed E-state index contributed by atoms with van der Waals surface area (Å²) in [6, 6.07) is 11.0. The van der Waals surface area contributed by atoms with Crippen LogP contribution in [0.25, 0.3) is 0 Å². The third-order valence-electron chi connectivity index (χ3n) is 5.81. The van der Waals surface area contributed by atoms with Crippen molar-refractivity contribution in [2.24, 2.45) is 0 Å². The molecule has 39 heavy (non-hydrogen) atoms. The quantitative estimate of drug-likeness (QED) is 0.187. The van der Waals surface area contributed by atoms with Crippen LogP contribution in [0.15, 0.2) is 54.7 Å². The minimum Gasteiger partial charge on any atom is -0.505 e. The first-order valence-electron chi connectivity index (χ1n) is 11.5. The van der Waals surface area contributed by atoms with Crippen LogP contribution in [-0.4, -0.2) is 56.4 Å². The molecular weight excluding hydrogens is 535 g/mol. The second-order valence-corrected chi connectivity index (χ2v) is 8.83. The van der Waals surface area contributed by atoms with E-state index in [1.54, 1.807) is 24.3 Å². The van der Waals surface area contributed by atoms with E-state index in [1.165, 1.54) is 40.8 Å². The summed E-state index contributed by atoms with van der Waals surface area (Å²) in [7, 11) is 1.15. The van der Waals surface area contributed by atoms with Crippen LogP contribution in [0.3, 0.4) is 0 Å². The number of pyridine rings is 1. The van der Waals surface area contributed by atoms with Crippen LogP contribution >= 0.6 is 11.6 Å². The van der Waals surface area contributed by atoms with Gasteiger partial charge in [0, 0.05) is 36.3 Å². The van der Waals surface area contributed by atoms with Crippen LogP contribution < -0.4 is 10.8 Å². The Morgan fingerprint density at radius 1 is 1.08 bits per heavy atom. The second-order valence-electron chi connectivity index (χ2n) is 8.40. The Labute approximate surface area is 227 Å². The Balaban J connectivity index is 2.01. The zero-order valence-corrected chi connectivity index (χ0v) is 21.5. The largest absolute Gasteiger partial charge is 0.505 e. The maximum atomic E-state index is 13.9. The minimum atomic E-state index is -1.11. The lowest BCUT2D eigenvalue weighted by molar-refractivity contribution is -0.134. The van der Waals surface area contributed by atoms with E-state index < -0.39 is 47.8 Å². The van der Waals surface area contributed by atoms with E-state index in [-0.39, 0.29) is 30.6 Å². The van der Waals surface area contributed by atoms with Crippen molar-refractivity contribution >= 4 is 29.5 Å². The molecule has 1 heterocycles. The predicted octanol–water partition coefficient (Wildman–Crippen LogP) is 2.69. The Bertz CT molecular complexity index is 1320. The second kappa shape index (κ2) is 13.5. The molecule has 3 rings (SSSR count). The molecule has 0 aliphatic rings. The number of halogens is 2. The summed E-state index contributed by atoms with van der Waals surface area (Å²) in [5.74, 6) is -2.82. The zero-order chi connectivity index (χ0) is 28.5. The number of methoxy groups -OCH3 is 1. The summed E-state index contributed by atoms with van der Waals surface area (Å²) in [5.41, 5.74) is 2.14. The summed E-state index contributed by atoms with van der Waals surface area (Å²) in [5, 5.41) is 32.3. The van der Waals surface area contributed by atoms with Gasteiger partial charge in [0.1, 0.15) is 11.9 Å². The van der Waals surface area contributed by atoms with Crippen LogP contribution in [-0.2, 0) is 35.6 Å². The monoisotopic (exact) mass is 560 g/mol. The molecule has 0 spiro atoms. The molecule has 2 aromatic carbocycles. The number of hydroxylamine groups is 1. The summed E-state index contributed by atoms with van der Waals surface area (Å²) >= 11 is 5.96. The van der Waals surface area contributed by atoms with Gasteiger partial charge in [0.15, 0.2) is 11.4 Å². The van der Waals surface area contributed by atoms with Crippen LogP contribution in [0.2, 0.25) is 5.02 Å². The normalized spacial score (nSPS) is 11.4. The van der Waals surface area contributed by atoms with Crippen molar-refractivity contribution in [1.82, 2.24) is 20.7 Å². The fourth-order valence-corrected chi connectivity index (χ4v) is 3.94. The molecular formula is C26H26ClFN4O7. The molecule has 0 aliphatic carbocycles. The van der Waals surface area contributed by atoms with Gasteiger partial charge in [-0.1, -0.05) is 35.9 Å². The number of alkyl carbamates (subject to hydrolysis) is 1. The molecule has 0 saturated heterocycles. The Kier molecular flexibility index (Phi) is 10.1. The molecule has 206 valence electrons. The van der Waals surface area contributed by atoms with Crippen molar-refractivity contribution in [3.05, 3.63) is 93.5 Å². The number of hydrogen-bond donors (Lipinski definition) is 5. The Morgan fingerprint density at radius 2 is 1.72 bits per heavy atom. The predicted molar refractivity (Wildman–Crippen MR) is 136 cm³/mol. The zero-order valence-electron chi connectivity index (χ0n) is 20.7. The fraction of sp³-hybridized carbons (Fsp3) is 0.231.